The van der Waals surface area contributed by atoms with Crippen LogP contribution in [0, 0.1) is 0 Å². The lowest BCUT2D eigenvalue weighted by atomic mass is 9.93. The van der Waals surface area contributed by atoms with E-state index in [9.17, 15) is 0 Å². The van der Waals surface area contributed by atoms with Gasteiger partial charge in [0.2, 0.25) is 0 Å². The molecule has 1 aliphatic rings. The fraction of sp³-hybridized carbons (Fsp3) is 0.364. The van der Waals surface area contributed by atoms with Crippen LogP contribution >= 0.6 is 0 Å². The molecule has 1 aliphatic carbocycles. The highest BCUT2D eigenvalue weighted by Crippen LogP contribution is 2.29. The molecule has 1 aromatic heterocycles. The fourth-order valence-corrected chi connectivity index (χ4v) is 1.54. The monoisotopic (exact) mass is 175 g/mol. The minimum absolute atomic E-state index is 0.909. The van der Waals surface area contributed by atoms with Crippen LogP contribution in [0.3, 0.4) is 0 Å². The summed E-state index contributed by atoms with van der Waals surface area (Å²) >= 11 is 0. The fourth-order valence-electron chi connectivity index (χ4n) is 1.54. The van der Waals surface area contributed by atoms with Gasteiger partial charge in [-0.3, -0.25) is 0 Å². The Kier molecular flexibility index (Phi) is 2.05. The van der Waals surface area contributed by atoms with Gasteiger partial charge in [0, 0.05) is 0 Å². The van der Waals surface area contributed by atoms with Gasteiger partial charge >= 0.3 is 0 Å². The van der Waals surface area contributed by atoms with Crippen LogP contribution in [0.4, 0.5) is 0 Å². The first-order valence-electron chi connectivity index (χ1n) is 4.53. The Hall–Kier alpha value is -1.31. The maximum Gasteiger partial charge on any atom is 0.181 e. The van der Waals surface area contributed by atoms with E-state index in [1.807, 2.05) is 0 Å². The van der Waals surface area contributed by atoms with E-state index in [1.54, 1.807) is 6.20 Å². The number of rotatable bonds is 1. The van der Waals surface area contributed by atoms with Gasteiger partial charge in [-0.2, -0.15) is 0 Å². The van der Waals surface area contributed by atoms with Crippen LogP contribution in [0.25, 0.3) is 5.57 Å². The minimum atomic E-state index is 0.909. The maximum absolute atomic E-state index is 5.25. The number of allylic oxidation sites excluding steroid dienone is 4. The Balaban J connectivity index is 2.33. The lowest BCUT2D eigenvalue weighted by molar-refractivity contribution is 0.541. The highest BCUT2D eigenvalue weighted by molar-refractivity contribution is 5.66. The lowest BCUT2D eigenvalue weighted by Gasteiger charge is -2.13. The Bertz CT molecular complexity index is 357. The summed E-state index contributed by atoms with van der Waals surface area (Å²) in [6, 6.07) is 0. The summed E-state index contributed by atoms with van der Waals surface area (Å²) < 4.78 is 5.25. The van der Waals surface area contributed by atoms with E-state index in [0.29, 0.717) is 0 Å². The van der Waals surface area contributed by atoms with Crippen LogP contribution in [-0.4, -0.2) is 4.98 Å². The van der Waals surface area contributed by atoms with Crippen molar-refractivity contribution in [2.75, 3.05) is 0 Å². The van der Waals surface area contributed by atoms with Crippen molar-refractivity contribution in [1.29, 1.82) is 0 Å². The van der Waals surface area contributed by atoms with Crippen molar-refractivity contribution < 1.29 is 4.42 Å². The van der Waals surface area contributed by atoms with Crippen LogP contribution in [0.1, 0.15) is 32.4 Å². The Morgan fingerprint density at radius 3 is 2.77 bits per heavy atom. The molecular weight excluding hydrogens is 162 g/mol. The molecule has 0 spiro atoms. The first kappa shape index (κ1) is 8.30. The molecule has 2 nitrogen and oxygen atoms in total. The highest BCUT2D eigenvalue weighted by atomic mass is 16.3. The highest BCUT2D eigenvalue weighted by Gasteiger charge is 2.11. The SMILES string of the molecule is CC1=C(C)CCC(c2cnco2)=C1. The smallest absolute Gasteiger partial charge is 0.181 e. The van der Waals surface area contributed by atoms with Gasteiger partial charge in [-0.15, -0.1) is 0 Å². The second-order valence-corrected chi connectivity index (χ2v) is 3.50. The van der Waals surface area contributed by atoms with E-state index < -0.39 is 0 Å². The van der Waals surface area contributed by atoms with Gasteiger partial charge in [0.25, 0.3) is 0 Å². The van der Waals surface area contributed by atoms with Crippen LogP contribution in [0.5, 0.6) is 0 Å². The molecular formula is C11H13NO. The molecule has 0 aromatic carbocycles. The Morgan fingerprint density at radius 1 is 1.31 bits per heavy atom. The zero-order valence-electron chi connectivity index (χ0n) is 8.00. The summed E-state index contributed by atoms with van der Waals surface area (Å²) in [5, 5.41) is 0. The zero-order valence-corrected chi connectivity index (χ0v) is 8.00. The summed E-state index contributed by atoms with van der Waals surface area (Å²) in [6.45, 7) is 4.33. The zero-order chi connectivity index (χ0) is 9.26. The van der Waals surface area contributed by atoms with Crippen LogP contribution < -0.4 is 0 Å². The third-order valence-corrected chi connectivity index (χ3v) is 2.58. The van der Waals surface area contributed by atoms with Gasteiger partial charge in [-0.1, -0.05) is 17.2 Å². The van der Waals surface area contributed by atoms with Crippen molar-refractivity contribution in [3.05, 3.63) is 35.6 Å². The minimum Gasteiger partial charge on any atom is -0.444 e. The predicted molar refractivity (Wildman–Crippen MR) is 52.1 cm³/mol. The average molecular weight is 175 g/mol. The topological polar surface area (TPSA) is 26.0 Å². The van der Waals surface area contributed by atoms with Gasteiger partial charge in [-0.05, 0) is 32.3 Å². The number of nitrogens with zero attached hydrogens (tertiary/aromatic N) is 1. The summed E-state index contributed by atoms with van der Waals surface area (Å²) in [6.07, 6.45) is 7.66. The molecule has 0 atom stereocenters. The maximum atomic E-state index is 5.25. The average Bonchev–Trinajstić information content (AvgIpc) is 2.62. The van der Waals surface area contributed by atoms with Gasteiger partial charge in [-0.25, -0.2) is 4.98 Å². The lowest BCUT2D eigenvalue weighted by Crippen LogP contribution is -1.93. The molecule has 0 bridgehead atoms. The largest absolute Gasteiger partial charge is 0.444 e. The number of hydrogen-bond donors (Lipinski definition) is 0. The van der Waals surface area contributed by atoms with Crippen LogP contribution in [0.15, 0.2) is 34.2 Å². The summed E-state index contributed by atoms with van der Waals surface area (Å²) in [5.41, 5.74) is 4.10. The molecule has 2 heteroatoms. The van der Waals surface area contributed by atoms with E-state index in [1.165, 1.54) is 23.1 Å². The standard InChI is InChI=1S/C11H13NO/c1-8-3-4-10(5-9(8)2)11-6-12-7-13-11/h5-7H,3-4H2,1-2H3. The van der Waals surface area contributed by atoms with Crippen molar-refractivity contribution in [2.24, 2.45) is 0 Å². The molecule has 1 heterocycles. The summed E-state index contributed by atoms with van der Waals surface area (Å²) in [7, 11) is 0. The predicted octanol–water partition coefficient (Wildman–Crippen LogP) is 3.19. The van der Waals surface area contributed by atoms with E-state index in [-0.39, 0.29) is 0 Å². The van der Waals surface area contributed by atoms with E-state index in [0.717, 1.165) is 18.6 Å². The summed E-state index contributed by atoms with van der Waals surface area (Å²) in [5.74, 6) is 0.909. The van der Waals surface area contributed by atoms with E-state index >= 15 is 0 Å². The van der Waals surface area contributed by atoms with Gasteiger partial charge in [0.15, 0.2) is 6.39 Å². The Morgan fingerprint density at radius 2 is 2.15 bits per heavy atom. The molecule has 0 N–H and O–H groups in total. The molecule has 0 saturated heterocycles. The van der Waals surface area contributed by atoms with Crippen molar-refractivity contribution in [2.45, 2.75) is 26.7 Å². The van der Waals surface area contributed by atoms with Crippen molar-refractivity contribution in [3.8, 4) is 0 Å². The summed E-state index contributed by atoms with van der Waals surface area (Å²) in [4.78, 5) is 3.92. The quantitative estimate of drug-likeness (QED) is 0.655. The van der Waals surface area contributed by atoms with Crippen LogP contribution in [-0.2, 0) is 0 Å². The first-order chi connectivity index (χ1) is 6.27. The van der Waals surface area contributed by atoms with E-state index in [4.69, 9.17) is 4.42 Å². The van der Waals surface area contributed by atoms with Crippen molar-refractivity contribution >= 4 is 5.57 Å². The number of oxazole rings is 1. The van der Waals surface area contributed by atoms with Gasteiger partial charge in [0.05, 0.1) is 6.20 Å². The first-order valence-corrected chi connectivity index (χ1v) is 4.53. The number of hydrogen-bond acceptors (Lipinski definition) is 2. The molecule has 0 fully saturated rings. The molecule has 68 valence electrons. The molecule has 0 radical (unpaired) electrons. The molecule has 0 amide bonds. The molecule has 2 rings (SSSR count). The Labute approximate surface area is 78.0 Å². The molecule has 0 unspecified atom stereocenters. The third-order valence-electron chi connectivity index (χ3n) is 2.58. The molecule has 0 aliphatic heterocycles. The molecule has 13 heavy (non-hydrogen) atoms. The van der Waals surface area contributed by atoms with Crippen molar-refractivity contribution in [3.63, 3.8) is 0 Å². The van der Waals surface area contributed by atoms with Gasteiger partial charge in [0.1, 0.15) is 5.76 Å². The normalized spacial score (nSPS) is 17.5. The third kappa shape index (κ3) is 1.57. The second kappa shape index (κ2) is 3.21. The second-order valence-electron chi connectivity index (χ2n) is 3.50. The molecule has 0 saturated carbocycles. The van der Waals surface area contributed by atoms with Crippen molar-refractivity contribution in [1.82, 2.24) is 4.98 Å². The van der Waals surface area contributed by atoms with Crippen LogP contribution in [0.2, 0.25) is 0 Å². The number of aromatic nitrogens is 1. The molecule has 1 aromatic rings. The van der Waals surface area contributed by atoms with E-state index in [2.05, 4.69) is 24.9 Å². The van der Waals surface area contributed by atoms with Gasteiger partial charge < -0.3 is 4.42 Å².